The van der Waals surface area contributed by atoms with Gasteiger partial charge < -0.3 is 0 Å². The van der Waals surface area contributed by atoms with Crippen molar-refractivity contribution >= 4 is 27.3 Å². The molecule has 1 aliphatic rings. The molecule has 2 aromatic rings. The maximum absolute atomic E-state index is 4.91. The highest BCUT2D eigenvalue weighted by Crippen LogP contribution is 2.36. The van der Waals surface area contributed by atoms with Gasteiger partial charge in [0.1, 0.15) is 5.01 Å². The van der Waals surface area contributed by atoms with Gasteiger partial charge in [0.25, 0.3) is 0 Å². The molecule has 112 valence electrons. The van der Waals surface area contributed by atoms with E-state index < -0.39 is 0 Å². The van der Waals surface area contributed by atoms with E-state index in [0.717, 1.165) is 16.1 Å². The lowest BCUT2D eigenvalue weighted by Gasteiger charge is -2.24. The van der Waals surface area contributed by atoms with Crippen molar-refractivity contribution in [2.75, 3.05) is 13.1 Å². The summed E-state index contributed by atoms with van der Waals surface area (Å²) < 4.78 is 1.11. The van der Waals surface area contributed by atoms with Crippen LogP contribution >= 0.6 is 27.3 Å². The summed E-state index contributed by atoms with van der Waals surface area (Å²) >= 11 is 5.30. The molecule has 0 aliphatic carbocycles. The van der Waals surface area contributed by atoms with Crippen molar-refractivity contribution in [2.45, 2.75) is 32.7 Å². The van der Waals surface area contributed by atoms with Crippen molar-refractivity contribution in [1.29, 1.82) is 0 Å². The Kier molecular flexibility index (Phi) is 4.77. The van der Waals surface area contributed by atoms with Crippen LogP contribution in [-0.2, 0) is 0 Å². The second kappa shape index (κ2) is 6.59. The number of hydrogen-bond acceptors (Lipinski definition) is 3. The summed E-state index contributed by atoms with van der Waals surface area (Å²) in [5, 5.41) is 3.48. The molecule has 3 rings (SSSR count). The van der Waals surface area contributed by atoms with Crippen molar-refractivity contribution in [3.8, 4) is 11.3 Å². The van der Waals surface area contributed by atoms with Crippen molar-refractivity contribution in [3.63, 3.8) is 0 Å². The molecule has 0 bridgehead atoms. The standard InChI is InChI=1S/C17H21BrN2S/c1-12(2)10-20-9-3-4-16(20)17-19-15(11-21-17)13-5-7-14(18)8-6-13/h5-8,11-12,16H,3-4,9-10H2,1-2H3. The molecular weight excluding hydrogens is 344 g/mol. The summed E-state index contributed by atoms with van der Waals surface area (Å²) in [5.41, 5.74) is 2.31. The Bertz CT molecular complexity index is 591. The largest absolute Gasteiger partial charge is 0.294 e. The first kappa shape index (κ1) is 15.2. The number of rotatable bonds is 4. The van der Waals surface area contributed by atoms with Crippen LogP contribution in [0, 0.1) is 5.92 Å². The quantitative estimate of drug-likeness (QED) is 0.725. The van der Waals surface area contributed by atoms with Crippen molar-refractivity contribution in [2.24, 2.45) is 5.92 Å². The lowest BCUT2D eigenvalue weighted by molar-refractivity contribution is 0.228. The maximum atomic E-state index is 4.91. The zero-order valence-corrected chi connectivity index (χ0v) is 15.0. The molecule has 1 unspecified atom stereocenters. The Hall–Kier alpha value is -0.710. The van der Waals surface area contributed by atoms with Crippen LogP contribution in [0.25, 0.3) is 11.3 Å². The summed E-state index contributed by atoms with van der Waals surface area (Å²) in [5.74, 6) is 0.719. The zero-order chi connectivity index (χ0) is 14.8. The maximum Gasteiger partial charge on any atom is 0.110 e. The molecule has 1 aliphatic heterocycles. The number of likely N-dealkylation sites (tertiary alicyclic amines) is 1. The summed E-state index contributed by atoms with van der Waals surface area (Å²) in [7, 11) is 0. The van der Waals surface area contributed by atoms with E-state index in [2.05, 4.69) is 64.3 Å². The first-order valence-corrected chi connectivity index (χ1v) is 9.26. The van der Waals surface area contributed by atoms with E-state index in [4.69, 9.17) is 4.98 Å². The molecule has 1 aromatic heterocycles. The minimum Gasteiger partial charge on any atom is -0.294 e. The summed E-state index contributed by atoms with van der Waals surface area (Å²) in [6, 6.07) is 8.94. The fourth-order valence-corrected chi connectivity index (χ4v) is 4.25. The predicted octanol–water partition coefficient (Wildman–Crippen LogP) is 5.37. The van der Waals surface area contributed by atoms with E-state index in [1.807, 2.05) is 11.3 Å². The molecule has 0 radical (unpaired) electrons. The summed E-state index contributed by atoms with van der Waals surface area (Å²) in [6.45, 7) is 6.99. The van der Waals surface area contributed by atoms with E-state index in [0.29, 0.717) is 6.04 Å². The third-order valence-corrected chi connectivity index (χ3v) is 5.38. The SMILES string of the molecule is CC(C)CN1CCCC1c1nc(-c2ccc(Br)cc2)cs1. The molecular formula is C17H21BrN2S. The Morgan fingerprint density at radius 1 is 1.33 bits per heavy atom. The fourth-order valence-electron chi connectivity index (χ4n) is 2.99. The number of aromatic nitrogens is 1. The molecule has 21 heavy (non-hydrogen) atoms. The summed E-state index contributed by atoms with van der Waals surface area (Å²) in [4.78, 5) is 7.52. The topological polar surface area (TPSA) is 16.1 Å². The van der Waals surface area contributed by atoms with Gasteiger partial charge in [0.15, 0.2) is 0 Å². The third-order valence-electron chi connectivity index (χ3n) is 3.91. The number of thiazole rings is 1. The molecule has 2 nitrogen and oxygen atoms in total. The first-order valence-electron chi connectivity index (χ1n) is 7.59. The van der Waals surface area contributed by atoms with E-state index >= 15 is 0 Å². The zero-order valence-electron chi connectivity index (χ0n) is 12.6. The van der Waals surface area contributed by atoms with Gasteiger partial charge in [-0.1, -0.05) is 41.9 Å². The summed E-state index contributed by atoms with van der Waals surface area (Å²) in [6.07, 6.45) is 2.55. The van der Waals surface area contributed by atoms with Crippen LogP contribution in [0.3, 0.4) is 0 Å². The molecule has 2 heterocycles. The van der Waals surface area contributed by atoms with E-state index in [9.17, 15) is 0 Å². The van der Waals surface area contributed by atoms with Crippen molar-refractivity contribution in [1.82, 2.24) is 9.88 Å². The highest BCUT2D eigenvalue weighted by atomic mass is 79.9. The number of halogens is 1. The van der Waals surface area contributed by atoms with Gasteiger partial charge in [0.2, 0.25) is 0 Å². The van der Waals surface area contributed by atoms with E-state index in [1.165, 1.54) is 36.5 Å². The molecule has 0 N–H and O–H groups in total. The third kappa shape index (κ3) is 3.55. The molecule has 1 atom stereocenters. The Balaban J connectivity index is 1.79. The lowest BCUT2D eigenvalue weighted by Crippen LogP contribution is -2.27. The van der Waals surface area contributed by atoms with Crippen LogP contribution in [-0.4, -0.2) is 23.0 Å². The predicted molar refractivity (Wildman–Crippen MR) is 93.6 cm³/mol. The number of nitrogens with zero attached hydrogens (tertiary/aromatic N) is 2. The van der Waals surface area contributed by atoms with E-state index in [1.54, 1.807) is 0 Å². The minimum atomic E-state index is 0.529. The van der Waals surface area contributed by atoms with E-state index in [-0.39, 0.29) is 0 Å². The van der Waals surface area contributed by atoms with Gasteiger partial charge in [-0.05, 0) is 37.4 Å². The van der Waals surface area contributed by atoms with Gasteiger partial charge in [0, 0.05) is 22.0 Å². The Labute approximate surface area is 139 Å². The van der Waals surface area contributed by atoms with Gasteiger partial charge in [-0.15, -0.1) is 11.3 Å². The lowest BCUT2D eigenvalue weighted by atomic mass is 10.1. The van der Waals surface area contributed by atoms with Crippen LogP contribution in [0.15, 0.2) is 34.1 Å². The molecule has 1 fully saturated rings. The molecule has 0 saturated carbocycles. The molecule has 1 saturated heterocycles. The van der Waals surface area contributed by atoms with Gasteiger partial charge in [-0.3, -0.25) is 4.90 Å². The van der Waals surface area contributed by atoms with Crippen molar-refractivity contribution in [3.05, 3.63) is 39.1 Å². The van der Waals surface area contributed by atoms with Crippen LogP contribution in [0.5, 0.6) is 0 Å². The Morgan fingerprint density at radius 2 is 2.10 bits per heavy atom. The van der Waals surface area contributed by atoms with Crippen LogP contribution in [0.2, 0.25) is 0 Å². The molecule has 0 amide bonds. The van der Waals surface area contributed by atoms with Gasteiger partial charge in [-0.2, -0.15) is 0 Å². The second-order valence-electron chi connectivity index (χ2n) is 6.12. The first-order chi connectivity index (χ1) is 10.1. The van der Waals surface area contributed by atoms with Crippen LogP contribution in [0.4, 0.5) is 0 Å². The van der Waals surface area contributed by atoms with Gasteiger partial charge in [-0.25, -0.2) is 4.98 Å². The average Bonchev–Trinajstić information content (AvgIpc) is 3.07. The second-order valence-corrected chi connectivity index (χ2v) is 7.93. The highest BCUT2D eigenvalue weighted by Gasteiger charge is 2.28. The van der Waals surface area contributed by atoms with Crippen LogP contribution in [0.1, 0.15) is 37.7 Å². The normalized spacial score (nSPS) is 19.5. The fraction of sp³-hybridized carbons (Fsp3) is 0.471. The minimum absolute atomic E-state index is 0.529. The number of hydrogen-bond donors (Lipinski definition) is 0. The molecule has 1 aromatic carbocycles. The Morgan fingerprint density at radius 3 is 2.81 bits per heavy atom. The molecule has 0 spiro atoms. The van der Waals surface area contributed by atoms with Gasteiger partial charge in [0.05, 0.1) is 11.7 Å². The average molecular weight is 365 g/mol. The smallest absolute Gasteiger partial charge is 0.110 e. The van der Waals surface area contributed by atoms with Gasteiger partial charge >= 0.3 is 0 Å². The molecule has 4 heteroatoms. The van der Waals surface area contributed by atoms with Crippen LogP contribution < -0.4 is 0 Å². The van der Waals surface area contributed by atoms with Crippen molar-refractivity contribution < 1.29 is 0 Å². The highest BCUT2D eigenvalue weighted by molar-refractivity contribution is 9.10. The monoisotopic (exact) mass is 364 g/mol. The number of benzene rings is 1.